The van der Waals surface area contributed by atoms with Crippen molar-refractivity contribution in [3.8, 4) is 12.3 Å². The summed E-state index contributed by atoms with van der Waals surface area (Å²) < 4.78 is 6.28. The summed E-state index contributed by atoms with van der Waals surface area (Å²) in [5.74, 6) is 1.21. The van der Waals surface area contributed by atoms with Crippen molar-refractivity contribution < 1.29 is 19.1 Å². The van der Waals surface area contributed by atoms with E-state index in [4.69, 9.17) is 22.8 Å². The first-order valence-corrected chi connectivity index (χ1v) is 11.7. The second kappa shape index (κ2) is 10.6. The lowest BCUT2D eigenvalue weighted by Gasteiger charge is -2.25. The monoisotopic (exact) mass is 502 g/mol. The number of esters is 1. The highest BCUT2D eigenvalue weighted by Crippen LogP contribution is 2.46. The summed E-state index contributed by atoms with van der Waals surface area (Å²) in [5, 5.41) is 8.67. The Kier molecular flexibility index (Phi) is 7.32. The third kappa shape index (κ3) is 4.92. The van der Waals surface area contributed by atoms with Gasteiger partial charge in [-0.3, -0.25) is 14.4 Å². The van der Waals surface area contributed by atoms with Crippen LogP contribution in [0, 0.1) is 17.8 Å². The first kappa shape index (κ1) is 24.9. The van der Waals surface area contributed by atoms with Crippen molar-refractivity contribution in [3.05, 3.63) is 82.6 Å². The first-order valence-electron chi connectivity index (χ1n) is 11.3. The highest BCUT2D eigenvalue weighted by Gasteiger charge is 2.56. The molecular formula is C27H23ClN4O4. The number of rotatable bonds is 8. The van der Waals surface area contributed by atoms with Crippen molar-refractivity contribution in [3.63, 3.8) is 0 Å². The lowest BCUT2D eigenvalue weighted by atomic mass is 9.74. The minimum atomic E-state index is -1.38. The Morgan fingerprint density at radius 1 is 1.17 bits per heavy atom. The molecule has 0 radical (unpaired) electrons. The number of hydrogen-bond acceptors (Lipinski definition) is 6. The van der Waals surface area contributed by atoms with Gasteiger partial charge >= 0.3 is 5.97 Å². The van der Waals surface area contributed by atoms with Crippen molar-refractivity contribution in [2.75, 3.05) is 11.5 Å². The van der Waals surface area contributed by atoms with E-state index in [1.807, 2.05) is 0 Å². The van der Waals surface area contributed by atoms with Gasteiger partial charge in [-0.15, -0.1) is 17.4 Å². The molecule has 4 rings (SSSR count). The predicted molar refractivity (Wildman–Crippen MR) is 135 cm³/mol. The van der Waals surface area contributed by atoms with Crippen molar-refractivity contribution in [2.24, 2.45) is 5.41 Å². The lowest BCUT2D eigenvalue weighted by molar-refractivity contribution is -0.144. The van der Waals surface area contributed by atoms with Crippen LogP contribution in [0.4, 0.5) is 5.69 Å². The van der Waals surface area contributed by atoms with Crippen LogP contribution in [0.1, 0.15) is 24.6 Å². The maximum absolute atomic E-state index is 14.0. The Morgan fingerprint density at radius 3 is 2.56 bits per heavy atom. The summed E-state index contributed by atoms with van der Waals surface area (Å²) >= 11 is 6.03. The fraction of sp³-hybridized carbons (Fsp3) is 0.222. The molecule has 0 N–H and O–H groups in total. The van der Waals surface area contributed by atoms with Gasteiger partial charge in [0.05, 0.1) is 23.4 Å². The normalized spacial score (nSPS) is 18.5. The molecule has 1 aromatic heterocycles. The highest BCUT2D eigenvalue weighted by atomic mass is 35.5. The number of aromatic nitrogens is 3. The van der Waals surface area contributed by atoms with Crippen LogP contribution in [0.15, 0.2) is 66.4 Å². The minimum Gasteiger partial charge on any atom is -0.465 e. The maximum Gasteiger partial charge on any atom is 0.327 e. The largest absolute Gasteiger partial charge is 0.465 e. The standard InChI is InChI=1S/C27H23ClN4O4/c1-3-14-27(16-21-17-31(30-29-21)18-24(33)36-4-2)23(15-19-10-12-20(28)13-11-19)25(34)32(26(27)35)22-8-6-5-7-9-22/h1,5-13,15,17H,4,14,16,18H2,2H3/b23-15-/t27-/m1/s1. The van der Waals surface area contributed by atoms with Crippen LogP contribution in [-0.2, 0) is 32.1 Å². The number of carbonyl (C=O) groups is 3. The van der Waals surface area contributed by atoms with Gasteiger partial charge in [0.15, 0.2) is 0 Å². The SMILES string of the molecule is C#CC[C@]1(Cc2cn(CC(=O)OCC)nn2)C(=O)N(c2ccccc2)C(=O)/C1=C/c1ccc(Cl)cc1. The van der Waals surface area contributed by atoms with Gasteiger partial charge in [-0.1, -0.05) is 47.1 Å². The number of terminal acetylenes is 1. The van der Waals surface area contributed by atoms with Crippen molar-refractivity contribution in [2.45, 2.75) is 26.3 Å². The molecule has 2 amide bonds. The topological polar surface area (TPSA) is 94.4 Å². The number of hydrogen-bond donors (Lipinski definition) is 0. The number of para-hydroxylation sites is 1. The van der Waals surface area contributed by atoms with Gasteiger partial charge in [0.25, 0.3) is 5.91 Å². The second-order valence-corrected chi connectivity index (χ2v) is 8.68. The van der Waals surface area contributed by atoms with E-state index in [1.165, 1.54) is 4.68 Å². The van der Waals surface area contributed by atoms with Crippen LogP contribution in [0.25, 0.3) is 6.08 Å². The molecule has 3 aromatic rings. The summed E-state index contributed by atoms with van der Waals surface area (Å²) in [4.78, 5) is 40.7. The zero-order valence-corrected chi connectivity index (χ0v) is 20.3. The molecule has 0 aliphatic carbocycles. The van der Waals surface area contributed by atoms with Gasteiger partial charge < -0.3 is 4.74 Å². The van der Waals surface area contributed by atoms with Gasteiger partial charge in [-0.25, -0.2) is 9.58 Å². The molecule has 2 aromatic carbocycles. The van der Waals surface area contributed by atoms with E-state index < -0.39 is 23.2 Å². The molecule has 0 spiro atoms. The number of carbonyl (C=O) groups excluding carboxylic acids is 3. The van der Waals surface area contributed by atoms with E-state index in [1.54, 1.807) is 73.8 Å². The molecule has 1 fully saturated rings. The van der Waals surface area contributed by atoms with Crippen LogP contribution in [-0.4, -0.2) is 39.4 Å². The summed E-state index contributed by atoms with van der Waals surface area (Å²) in [6.45, 7) is 1.83. The number of nitrogens with zero attached hydrogens (tertiary/aromatic N) is 4. The van der Waals surface area contributed by atoms with Gasteiger partial charge in [0.2, 0.25) is 5.91 Å². The number of amides is 2. The summed E-state index contributed by atoms with van der Waals surface area (Å²) in [6, 6.07) is 15.6. The highest BCUT2D eigenvalue weighted by molar-refractivity contribution is 6.32. The molecule has 2 heterocycles. The predicted octanol–water partition coefficient (Wildman–Crippen LogP) is 3.70. The Balaban J connectivity index is 1.79. The average molecular weight is 503 g/mol. The van der Waals surface area contributed by atoms with E-state index in [0.717, 1.165) is 4.90 Å². The van der Waals surface area contributed by atoms with Crippen molar-refractivity contribution >= 4 is 41.1 Å². The van der Waals surface area contributed by atoms with E-state index in [0.29, 0.717) is 22.0 Å². The fourth-order valence-electron chi connectivity index (χ4n) is 4.21. The van der Waals surface area contributed by atoms with Crippen LogP contribution >= 0.6 is 11.6 Å². The van der Waals surface area contributed by atoms with E-state index in [2.05, 4.69) is 16.2 Å². The Hall–Kier alpha value is -4.22. The summed E-state index contributed by atoms with van der Waals surface area (Å²) in [6.07, 6.45) is 8.94. The van der Waals surface area contributed by atoms with Gasteiger partial charge in [-0.05, 0) is 42.8 Å². The van der Waals surface area contributed by atoms with E-state index >= 15 is 0 Å². The Bertz CT molecular complexity index is 1360. The quantitative estimate of drug-likeness (QED) is 0.202. The number of halogens is 1. The zero-order chi connectivity index (χ0) is 25.7. The number of ether oxygens (including phenoxy) is 1. The molecule has 8 nitrogen and oxygen atoms in total. The van der Waals surface area contributed by atoms with Gasteiger partial charge in [0, 0.05) is 29.6 Å². The van der Waals surface area contributed by atoms with Crippen LogP contribution in [0.5, 0.6) is 0 Å². The molecule has 0 bridgehead atoms. The van der Waals surface area contributed by atoms with E-state index in [9.17, 15) is 14.4 Å². The van der Waals surface area contributed by atoms with Crippen LogP contribution in [0.3, 0.4) is 0 Å². The molecule has 1 atom stereocenters. The zero-order valence-electron chi connectivity index (χ0n) is 19.6. The lowest BCUT2D eigenvalue weighted by Crippen LogP contribution is -2.37. The third-order valence-electron chi connectivity index (χ3n) is 5.83. The molecular weight excluding hydrogens is 480 g/mol. The molecule has 1 aliphatic heterocycles. The molecule has 9 heteroatoms. The summed E-state index contributed by atoms with van der Waals surface area (Å²) in [7, 11) is 0. The third-order valence-corrected chi connectivity index (χ3v) is 6.08. The number of anilines is 1. The molecule has 0 unspecified atom stereocenters. The first-order chi connectivity index (χ1) is 17.4. The van der Waals surface area contributed by atoms with E-state index in [-0.39, 0.29) is 31.6 Å². The Morgan fingerprint density at radius 2 is 1.89 bits per heavy atom. The molecule has 182 valence electrons. The fourth-order valence-corrected chi connectivity index (χ4v) is 4.33. The smallest absolute Gasteiger partial charge is 0.327 e. The number of imide groups is 1. The maximum atomic E-state index is 14.0. The second-order valence-electron chi connectivity index (χ2n) is 8.24. The minimum absolute atomic E-state index is 0.0212. The van der Waals surface area contributed by atoms with Crippen molar-refractivity contribution in [1.82, 2.24) is 15.0 Å². The van der Waals surface area contributed by atoms with Crippen LogP contribution < -0.4 is 4.90 Å². The van der Waals surface area contributed by atoms with Gasteiger partial charge in [0.1, 0.15) is 6.54 Å². The molecule has 36 heavy (non-hydrogen) atoms. The van der Waals surface area contributed by atoms with Gasteiger partial charge in [-0.2, -0.15) is 0 Å². The van der Waals surface area contributed by atoms with Crippen molar-refractivity contribution in [1.29, 1.82) is 0 Å². The molecule has 1 saturated heterocycles. The van der Waals surface area contributed by atoms with Crippen LogP contribution in [0.2, 0.25) is 5.02 Å². The number of benzene rings is 2. The average Bonchev–Trinajstić information content (AvgIpc) is 3.37. The summed E-state index contributed by atoms with van der Waals surface area (Å²) in [5.41, 5.74) is 0.410. The molecule has 1 aliphatic rings. The Labute approximate surface area is 213 Å². The molecule has 0 saturated carbocycles.